The average molecular weight is 483 g/mol. The second-order valence-electron chi connectivity index (χ2n) is 6.13. The summed E-state index contributed by atoms with van der Waals surface area (Å²) < 4.78 is 4.84. The summed E-state index contributed by atoms with van der Waals surface area (Å²) in [6.07, 6.45) is 0.162. The quantitative estimate of drug-likeness (QED) is 0.444. The first-order valence-corrected chi connectivity index (χ1v) is 11.1. The number of thiophene rings is 2. The number of methoxy groups -OCH3 is 1. The number of rotatable bonds is 6. The highest BCUT2D eigenvalue weighted by atomic mass is 35.5. The Kier molecular flexibility index (Phi) is 7.14. The molecule has 0 atom stereocenters. The van der Waals surface area contributed by atoms with Gasteiger partial charge < -0.3 is 15.4 Å². The van der Waals surface area contributed by atoms with E-state index in [1.165, 1.54) is 24.5 Å². The Morgan fingerprint density at radius 2 is 1.90 bits per heavy atom. The van der Waals surface area contributed by atoms with Gasteiger partial charge in [-0.2, -0.15) is 0 Å². The van der Waals surface area contributed by atoms with Crippen LogP contribution in [0.4, 0.5) is 10.7 Å². The van der Waals surface area contributed by atoms with E-state index in [2.05, 4.69) is 10.6 Å². The zero-order chi connectivity index (χ0) is 21.8. The number of ether oxygens (including phenoxy) is 1. The molecule has 2 aromatic heterocycles. The summed E-state index contributed by atoms with van der Waals surface area (Å²) in [5.41, 5.74) is 0.878. The summed E-state index contributed by atoms with van der Waals surface area (Å²) in [7, 11) is 1.24. The lowest BCUT2D eigenvalue weighted by atomic mass is 10.1. The van der Waals surface area contributed by atoms with Gasteiger partial charge in [-0.15, -0.1) is 22.7 Å². The second kappa shape index (κ2) is 9.61. The van der Waals surface area contributed by atoms with Crippen LogP contribution >= 0.6 is 45.9 Å². The predicted octanol–water partition coefficient (Wildman–Crippen LogP) is 5.64. The molecule has 6 nitrogen and oxygen atoms in total. The van der Waals surface area contributed by atoms with Crippen LogP contribution in [0, 0.1) is 6.92 Å². The topological polar surface area (TPSA) is 84.5 Å². The number of halogens is 2. The van der Waals surface area contributed by atoms with E-state index in [4.69, 9.17) is 27.9 Å². The highest BCUT2D eigenvalue weighted by Gasteiger charge is 2.26. The summed E-state index contributed by atoms with van der Waals surface area (Å²) in [4.78, 5) is 38.7. The Balaban J connectivity index is 1.89. The number of benzene rings is 1. The van der Waals surface area contributed by atoms with Gasteiger partial charge in [0.25, 0.3) is 5.91 Å². The standard InChI is InChI=1S/C20H16Cl2N2O4S2/c1-10-16(20(27)28-2)19(24-15(25)9-12-4-3-7-29-12)30-17(10)18(26)23-14-8-11(21)5-6-13(14)22/h3-8H,9H2,1-2H3,(H,23,26)(H,24,25). The molecule has 0 fully saturated rings. The number of hydrogen-bond acceptors (Lipinski definition) is 6. The summed E-state index contributed by atoms with van der Waals surface area (Å²) in [6, 6.07) is 8.39. The van der Waals surface area contributed by atoms with Gasteiger partial charge in [0, 0.05) is 9.90 Å². The summed E-state index contributed by atoms with van der Waals surface area (Å²) in [5, 5.41) is 8.27. The molecule has 0 aliphatic heterocycles. The highest BCUT2D eigenvalue weighted by Crippen LogP contribution is 2.35. The molecule has 0 unspecified atom stereocenters. The molecule has 2 N–H and O–H groups in total. The Hall–Kier alpha value is -2.39. The SMILES string of the molecule is COC(=O)c1c(NC(=O)Cc2cccs2)sc(C(=O)Nc2cc(Cl)ccc2Cl)c1C. The van der Waals surface area contributed by atoms with Gasteiger partial charge in [0.1, 0.15) is 5.00 Å². The number of hydrogen-bond donors (Lipinski definition) is 2. The number of esters is 1. The van der Waals surface area contributed by atoms with E-state index in [9.17, 15) is 14.4 Å². The first-order chi connectivity index (χ1) is 14.3. The third-order valence-corrected chi connectivity index (χ3v) is 6.73. The van der Waals surface area contributed by atoms with Gasteiger partial charge in [-0.1, -0.05) is 29.3 Å². The van der Waals surface area contributed by atoms with Crippen molar-refractivity contribution in [3.63, 3.8) is 0 Å². The fourth-order valence-electron chi connectivity index (χ4n) is 2.68. The smallest absolute Gasteiger partial charge is 0.341 e. The van der Waals surface area contributed by atoms with Gasteiger partial charge in [0.05, 0.1) is 34.7 Å². The summed E-state index contributed by atoms with van der Waals surface area (Å²) >= 11 is 14.5. The molecule has 0 bridgehead atoms. The molecular weight excluding hydrogens is 467 g/mol. The van der Waals surface area contributed by atoms with E-state index >= 15 is 0 Å². The third kappa shape index (κ3) is 5.02. The van der Waals surface area contributed by atoms with Crippen LogP contribution in [0.15, 0.2) is 35.7 Å². The molecule has 3 rings (SSSR count). The highest BCUT2D eigenvalue weighted by molar-refractivity contribution is 7.19. The maximum atomic E-state index is 12.9. The molecule has 1 aromatic carbocycles. The molecule has 2 amide bonds. The van der Waals surface area contributed by atoms with E-state index in [-0.39, 0.29) is 27.8 Å². The molecule has 2 heterocycles. The van der Waals surface area contributed by atoms with Crippen molar-refractivity contribution in [3.05, 3.63) is 66.6 Å². The Labute approximate surface area is 190 Å². The van der Waals surface area contributed by atoms with Crippen LogP contribution in [0.3, 0.4) is 0 Å². The van der Waals surface area contributed by atoms with Crippen molar-refractivity contribution in [1.82, 2.24) is 0 Å². The van der Waals surface area contributed by atoms with Crippen molar-refractivity contribution in [2.45, 2.75) is 13.3 Å². The van der Waals surface area contributed by atoms with Gasteiger partial charge >= 0.3 is 5.97 Å². The van der Waals surface area contributed by atoms with Gasteiger partial charge in [-0.3, -0.25) is 9.59 Å². The predicted molar refractivity (Wildman–Crippen MR) is 121 cm³/mol. The van der Waals surface area contributed by atoms with E-state index in [0.29, 0.717) is 21.3 Å². The zero-order valence-corrected chi connectivity index (χ0v) is 19.0. The number of carbonyl (C=O) groups excluding carboxylic acids is 3. The molecule has 0 aliphatic rings. The molecular formula is C20H16Cl2N2O4S2. The van der Waals surface area contributed by atoms with Gasteiger partial charge in [-0.25, -0.2) is 4.79 Å². The van der Waals surface area contributed by atoms with Gasteiger partial charge in [0.15, 0.2) is 0 Å². The molecule has 3 aromatic rings. The lowest BCUT2D eigenvalue weighted by Crippen LogP contribution is -2.15. The maximum Gasteiger partial charge on any atom is 0.341 e. The molecule has 30 heavy (non-hydrogen) atoms. The largest absolute Gasteiger partial charge is 0.465 e. The minimum atomic E-state index is -0.644. The maximum absolute atomic E-state index is 12.9. The van der Waals surface area contributed by atoms with Crippen LogP contribution in [0.1, 0.15) is 30.5 Å². The number of anilines is 2. The summed E-state index contributed by atoms with van der Waals surface area (Å²) in [6.45, 7) is 1.62. The molecule has 0 aliphatic carbocycles. The first-order valence-electron chi connectivity index (χ1n) is 8.60. The second-order valence-corrected chi connectivity index (χ2v) is 9.03. The molecule has 0 spiro atoms. The Morgan fingerprint density at radius 1 is 1.13 bits per heavy atom. The molecule has 0 radical (unpaired) electrons. The fourth-order valence-corrected chi connectivity index (χ4v) is 4.83. The number of nitrogens with one attached hydrogen (secondary N) is 2. The molecule has 156 valence electrons. The normalized spacial score (nSPS) is 10.5. The first kappa shape index (κ1) is 22.3. The van der Waals surface area contributed by atoms with Crippen LogP contribution in [-0.4, -0.2) is 24.9 Å². The monoisotopic (exact) mass is 482 g/mol. The Bertz CT molecular complexity index is 1110. The van der Waals surface area contributed by atoms with Crippen LogP contribution < -0.4 is 10.6 Å². The minimum Gasteiger partial charge on any atom is -0.465 e. The fraction of sp³-hybridized carbons (Fsp3) is 0.150. The van der Waals surface area contributed by atoms with Crippen LogP contribution in [0.5, 0.6) is 0 Å². The van der Waals surface area contributed by atoms with Crippen molar-refractivity contribution in [2.24, 2.45) is 0 Å². The van der Waals surface area contributed by atoms with Crippen LogP contribution in [-0.2, 0) is 16.0 Å². The lowest BCUT2D eigenvalue weighted by molar-refractivity contribution is -0.115. The number of carbonyl (C=O) groups is 3. The van der Waals surface area contributed by atoms with Crippen molar-refractivity contribution in [3.8, 4) is 0 Å². The summed E-state index contributed by atoms with van der Waals surface area (Å²) in [5.74, 6) is -1.42. The lowest BCUT2D eigenvalue weighted by Gasteiger charge is -2.07. The third-order valence-electron chi connectivity index (χ3n) is 4.09. The van der Waals surface area contributed by atoms with E-state index in [0.717, 1.165) is 16.2 Å². The van der Waals surface area contributed by atoms with Gasteiger partial charge in [-0.05, 0) is 42.1 Å². The van der Waals surface area contributed by atoms with E-state index in [1.807, 2.05) is 17.5 Å². The van der Waals surface area contributed by atoms with Crippen molar-refractivity contribution >= 4 is 74.3 Å². The zero-order valence-electron chi connectivity index (χ0n) is 15.9. The Morgan fingerprint density at radius 3 is 2.57 bits per heavy atom. The minimum absolute atomic E-state index is 0.143. The van der Waals surface area contributed by atoms with Crippen molar-refractivity contribution < 1.29 is 19.1 Å². The molecule has 10 heteroatoms. The van der Waals surface area contributed by atoms with Gasteiger partial charge in [0.2, 0.25) is 5.91 Å². The van der Waals surface area contributed by atoms with Crippen LogP contribution in [0.25, 0.3) is 0 Å². The van der Waals surface area contributed by atoms with E-state index < -0.39 is 11.9 Å². The molecule has 0 saturated carbocycles. The van der Waals surface area contributed by atoms with E-state index in [1.54, 1.807) is 19.1 Å². The van der Waals surface area contributed by atoms with Crippen molar-refractivity contribution in [2.75, 3.05) is 17.7 Å². The van der Waals surface area contributed by atoms with Crippen molar-refractivity contribution in [1.29, 1.82) is 0 Å². The number of amides is 2. The average Bonchev–Trinajstić information content (AvgIpc) is 3.31. The molecule has 0 saturated heterocycles. The van der Waals surface area contributed by atoms with Crippen LogP contribution in [0.2, 0.25) is 10.0 Å².